The van der Waals surface area contributed by atoms with E-state index in [0.29, 0.717) is 23.7 Å². The third kappa shape index (κ3) is 6.58. The molecule has 31 heavy (non-hydrogen) atoms. The predicted octanol–water partition coefficient (Wildman–Crippen LogP) is 4.29. The zero-order chi connectivity index (χ0) is 22.4. The lowest BCUT2D eigenvalue weighted by Gasteiger charge is -2.23. The number of amides is 1. The molecule has 0 radical (unpaired) electrons. The molecule has 0 spiro atoms. The van der Waals surface area contributed by atoms with Gasteiger partial charge >= 0.3 is 0 Å². The summed E-state index contributed by atoms with van der Waals surface area (Å²) in [7, 11) is -3.63. The van der Waals surface area contributed by atoms with Crippen LogP contribution in [0.1, 0.15) is 16.7 Å². The van der Waals surface area contributed by atoms with Crippen LogP contribution in [0.2, 0.25) is 0 Å². The van der Waals surface area contributed by atoms with Crippen LogP contribution in [0.25, 0.3) is 0 Å². The van der Waals surface area contributed by atoms with Gasteiger partial charge in [0, 0.05) is 5.69 Å². The molecule has 0 bridgehead atoms. The van der Waals surface area contributed by atoms with Crippen molar-refractivity contribution in [3.8, 4) is 5.75 Å². The van der Waals surface area contributed by atoms with Crippen LogP contribution in [0.5, 0.6) is 5.75 Å². The van der Waals surface area contributed by atoms with E-state index >= 15 is 0 Å². The maximum Gasteiger partial charge on any atom is 0.245 e. The number of hydrogen-bond donors (Lipinski definition) is 1. The van der Waals surface area contributed by atoms with Gasteiger partial charge in [-0.2, -0.15) is 0 Å². The number of carbonyl (C=O) groups excluding carboxylic acids is 1. The fraction of sp³-hybridized carbons (Fsp3) is 0.208. The highest BCUT2D eigenvalue weighted by atomic mass is 32.2. The Morgan fingerprint density at radius 3 is 2.13 bits per heavy atom. The smallest absolute Gasteiger partial charge is 0.245 e. The van der Waals surface area contributed by atoms with Crippen molar-refractivity contribution in [2.24, 2.45) is 0 Å². The molecule has 7 heteroatoms. The molecular weight excluding hydrogens is 412 g/mol. The molecule has 0 aromatic heterocycles. The third-order valence-electron chi connectivity index (χ3n) is 4.57. The number of ether oxygens (including phenoxy) is 1. The monoisotopic (exact) mass is 438 g/mol. The average molecular weight is 439 g/mol. The second kappa shape index (κ2) is 9.66. The number of anilines is 2. The van der Waals surface area contributed by atoms with Crippen molar-refractivity contribution in [3.63, 3.8) is 0 Å². The standard InChI is InChI=1S/C24H26N2O4S/c1-18-13-19(2)15-22(14-18)26(31(3,28)29)16-24(27)25-21-9-11-23(12-10-21)30-17-20-7-5-4-6-8-20/h4-15H,16-17H2,1-3H3,(H,25,27). The van der Waals surface area contributed by atoms with Crippen LogP contribution in [-0.4, -0.2) is 27.1 Å². The van der Waals surface area contributed by atoms with E-state index in [1.54, 1.807) is 36.4 Å². The third-order valence-corrected chi connectivity index (χ3v) is 5.71. The van der Waals surface area contributed by atoms with Crippen molar-refractivity contribution in [3.05, 3.63) is 89.5 Å². The van der Waals surface area contributed by atoms with Gasteiger partial charge in [-0.1, -0.05) is 36.4 Å². The first-order chi connectivity index (χ1) is 14.7. The van der Waals surface area contributed by atoms with Crippen LogP contribution >= 0.6 is 0 Å². The lowest BCUT2D eigenvalue weighted by Crippen LogP contribution is -2.37. The molecule has 0 atom stereocenters. The van der Waals surface area contributed by atoms with Gasteiger partial charge in [0.2, 0.25) is 15.9 Å². The molecule has 0 saturated heterocycles. The molecule has 0 fully saturated rings. The van der Waals surface area contributed by atoms with Crippen LogP contribution in [0, 0.1) is 13.8 Å². The summed E-state index contributed by atoms with van der Waals surface area (Å²) in [5.74, 6) is 0.248. The van der Waals surface area contributed by atoms with Crippen LogP contribution in [0.3, 0.4) is 0 Å². The largest absolute Gasteiger partial charge is 0.489 e. The first-order valence-corrected chi connectivity index (χ1v) is 11.7. The highest BCUT2D eigenvalue weighted by molar-refractivity contribution is 7.92. The number of sulfonamides is 1. The molecular formula is C24H26N2O4S. The average Bonchev–Trinajstić information content (AvgIpc) is 2.71. The van der Waals surface area contributed by atoms with Gasteiger partial charge in [-0.05, 0) is 66.9 Å². The Balaban J connectivity index is 1.64. The summed E-state index contributed by atoms with van der Waals surface area (Å²) < 4.78 is 31.5. The number of nitrogens with one attached hydrogen (secondary N) is 1. The molecule has 3 rings (SSSR count). The number of hydrogen-bond acceptors (Lipinski definition) is 4. The topological polar surface area (TPSA) is 75.7 Å². The van der Waals surface area contributed by atoms with Gasteiger partial charge in [0.05, 0.1) is 11.9 Å². The van der Waals surface area contributed by atoms with Gasteiger partial charge in [-0.15, -0.1) is 0 Å². The highest BCUT2D eigenvalue weighted by Crippen LogP contribution is 2.22. The Morgan fingerprint density at radius 2 is 1.55 bits per heavy atom. The summed E-state index contributed by atoms with van der Waals surface area (Å²) in [6.45, 7) is 3.91. The molecule has 0 aliphatic rings. The molecule has 0 saturated carbocycles. The van der Waals surface area contributed by atoms with Crippen LogP contribution < -0.4 is 14.4 Å². The van der Waals surface area contributed by atoms with Crippen molar-refractivity contribution < 1.29 is 17.9 Å². The van der Waals surface area contributed by atoms with Crippen LogP contribution in [0.15, 0.2) is 72.8 Å². The van der Waals surface area contributed by atoms with E-state index in [0.717, 1.165) is 27.3 Å². The predicted molar refractivity (Wildman–Crippen MR) is 124 cm³/mol. The summed E-state index contributed by atoms with van der Waals surface area (Å²) >= 11 is 0. The lowest BCUT2D eigenvalue weighted by atomic mass is 10.1. The zero-order valence-electron chi connectivity index (χ0n) is 17.8. The maximum absolute atomic E-state index is 12.6. The number of rotatable bonds is 8. The second-order valence-electron chi connectivity index (χ2n) is 7.46. The minimum Gasteiger partial charge on any atom is -0.489 e. The fourth-order valence-corrected chi connectivity index (χ4v) is 4.04. The molecule has 3 aromatic carbocycles. The van der Waals surface area contributed by atoms with Crippen molar-refractivity contribution in [1.29, 1.82) is 0 Å². The molecule has 6 nitrogen and oxygen atoms in total. The van der Waals surface area contributed by atoms with Gasteiger partial charge in [-0.3, -0.25) is 9.10 Å². The zero-order valence-corrected chi connectivity index (χ0v) is 18.6. The Bertz CT molecular complexity index is 1120. The SMILES string of the molecule is Cc1cc(C)cc(N(CC(=O)Nc2ccc(OCc3ccccc3)cc2)S(C)(=O)=O)c1. The molecule has 1 amide bonds. The van der Waals surface area contributed by atoms with Crippen molar-refractivity contribution in [2.75, 3.05) is 22.4 Å². The lowest BCUT2D eigenvalue weighted by molar-refractivity contribution is -0.114. The van der Waals surface area contributed by atoms with Gasteiger partial charge in [0.1, 0.15) is 18.9 Å². The van der Waals surface area contributed by atoms with E-state index in [-0.39, 0.29) is 6.54 Å². The van der Waals surface area contributed by atoms with Crippen LogP contribution in [-0.2, 0) is 21.4 Å². The Kier molecular flexibility index (Phi) is 6.97. The highest BCUT2D eigenvalue weighted by Gasteiger charge is 2.21. The summed E-state index contributed by atoms with van der Waals surface area (Å²) in [6, 6.07) is 22.2. The number of aryl methyl sites for hydroxylation is 2. The fourth-order valence-electron chi connectivity index (χ4n) is 3.20. The van der Waals surface area contributed by atoms with Gasteiger partial charge in [-0.25, -0.2) is 8.42 Å². The Hall–Kier alpha value is -3.32. The molecule has 0 aliphatic heterocycles. The normalized spacial score (nSPS) is 11.1. The summed E-state index contributed by atoms with van der Waals surface area (Å²) in [5, 5.41) is 2.74. The maximum atomic E-state index is 12.6. The second-order valence-corrected chi connectivity index (χ2v) is 9.37. The van der Waals surface area contributed by atoms with E-state index in [9.17, 15) is 13.2 Å². The van der Waals surface area contributed by atoms with Crippen LogP contribution in [0.4, 0.5) is 11.4 Å². The Morgan fingerprint density at radius 1 is 0.935 bits per heavy atom. The molecule has 3 aromatic rings. The molecule has 0 unspecified atom stereocenters. The molecule has 1 N–H and O–H groups in total. The molecule has 162 valence electrons. The van der Waals surface area contributed by atoms with Crippen molar-refractivity contribution in [2.45, 2.75) is 20.5 Å². The van der Waals surface area contributed by atoms with Crippen molar-refractivity contribution >= 4 is 27.3 Å². The Labute approximate surface area is 183 Å². The quantitative estimate of drug-likeness (QED) is 0.569. The van der Waals surface area contributed by atoms with Gasteiger partial charge in [0.25, 0.3) is 0 Å². The first-order valence-electron chi connectivity index (χ1n) is 9.83. The molecule has 0 aliphatic carbocycles. The summed E-state index contributed by atoms with van der Waals surface area (Å²) in [5.41, 5.74) is 3.95. The van der Waals surface area contributed by atoms with Gasteiger partial charge in [0.15, 0.2) is 0 Å². The van der Waals surface area contributed by atoms with E-state index in [1.807, 2.05) is 50.2 Å². The summed E-state index contributed by atoms with van der Waals surface area (Å²) in [4.78, 5) is 12.6. The van der Waals surface area contributed by atoms with E-state index < -0.39 is 15.9 Å². The van der Waals surface area contributed by atoms with E-state index in [1.165, 1.54) is 0 Å². The van der Waals surface area contributed by atoms with E-state index in [2.05, 4.69) is 5.32 Å². The minimum atomic E-state index is -3.63. The number of carbonyl (C=O) groups is 1. The number of nitrogens with zero attached hydrogens (tertiary/aromatic N) is 1. The van der Waals surface area contributed by atoms with Gasteiger partial charge < -0.3 is 10.1 Å². The number of benzene rings is 3. The molecule has 0 heterocycles. The summed E-state index contributed by atoms with van der Waals surface area (Å²) in [6.07, 6.45) is 1.09. The minimum absolute atomic E-state index is 0.312. The first kappa shape index (κ1) is 22.4. The van der Waals surface area contributed by atoms with Crippen molar-refractivity contribution in [1.82, 2.24) is 0 Å². The van der Waals surface area contributed by atoms with E-state index in [4.69, 9.17) is 4.74 Å².